The Kier molecular flexibility index (Phi) is 4.14. The summed E-state index contributed by atoms with van der Waals surface area (Å²) in [5.41, 5.74) is -0.876. The number of rotatable bonds is 3. The highest BCUT2D eigenvalue weighted by Gasteiger charge is 2.35. The zero-order chi connectivity index (χ0) is 14.9. The Morgan fingerprint density at radius 3 is 2.65 bits per heavy atom. The van der Waals surface area contributed by atoms with Crippen molar-refractivity contribution < 1.29 is 17.6 Å². The van der Waals surface area contributed by atoms with Crippen LogP contribution in [0.3, 0.4) is 0 Å². The Morgan fingerprint density at radius 2 is 2.05 bits per heavy atom. The number of aromatic nitrogens is 2. The molecular formula is C12H10BrF4N3. The molecule has 0 aliphatic rings. The Hall–Kier alpha value is -1.41. The molecule has 0 aliphatic heterocycles. The van der Waals surface area contributed by atoms with Crippen molar-refractivity contribution in [2.45, 2.75) is 12.7 Å². The minimum absolute atomic E-state index is 0.0416. The van der Waals surface area contributed by atoms with Crippen molar-refractivity contribution in [2.75, 3.05) is 7.05 Å². The lowest BCUT2D eigenvalue weighted by molar-refractivity contribution is -0.141. The van der Waals surface area contributed by atoms with Gasteiger partial charge in [0.15, 0.2) is 11.5 Å². The number of nitrogens with zero attached hydrogens (tertiary/aromatic N) is 2. The van der Waals surface area contributed by atoms with Crippen molar-refractivity contribution in [3.63, 3.8) is 0 Å². The summed E-state index contributed by atoms with van der Waals surface area (Å²) in [5.74, 6) is -0.665. The average Bonchev–Trinajstić information content (AvgIpc) is 2.77. The van der Waals surface area contributed by atoms with E-state index in [9.17, 15) is 17.6 Å². The maximum atomic E-state index is 14.0. The van der Waals surface area contributed by atoms with Gasteiger partial charge in [0.1, 0.15) is 5.69 Å². The summed E-state index contributed by atoms with van der Waals surface area (Å²) in [6, 6.07) is 5.26. The molecule has 0 amide bonds. The van der Waals surface area contributed by atoms with Crippen LogP contribution in [0.4, 0.5) is 17.6 Å². The Balaban J connectivity index is 2.60. The Labute approximate surface area is 120 Å². The maximum absolute atomic E-state index is 14.0. The molecule has 1 N–H and O–H groups in total. The fourth-order valence-corrected chi connectivity index (χ4v) is 2.09. The number of nitrogens with one attached hydrogen (secondary N) is 1. The van der Waals surface area contributed by atoms with Crippen molar-refractivity contribution >= 4 is 15.9 Å². The van der Waals surface area contributed by atoms with E-state index in [-0.39, 0.29) is 22.4 Å². The van der Waals surface area contributed by atoms with Crippen molar-refractivity contribution in [3.8, 4) is 5.69 Å². The second-order valence-corrected chi connectivity index (χ2v) is 4.89. The minimum Gasteiger partial charge on any atom is -0.314 e. The third-order valence-corrected chi connectivity index (χ3v) is 3.20. The number of halogens is 5. The highest BCUT2D eigenvalue weighted by Crippen LogP contribution is 2.30. The van der Waals surface area contributed by atoms with Gasteiger partial charge in [0.05, 0.1) is 10.2 Å². The van der Waals surface area contributed by atoms with Crippen LogP contribution >= 0.6 is 15.9 Å². The fourth-order valence-electron chi connectivity index (χ4n) is 1.73. The maximum Gasteiger partial charge on any atom is 0.435 e. The summed E-state index contributed by atoms with van der Waals surface area (Å²) in [7, 11) is 1.59. The highest BCUT2D eigenvalue weighted by molar-refractivity contribution is 9.10. The Bertz CT molecular complexity index is 622. The molecule has 0 fully saturated rings. The first-order chi connectivity index (χ1) is 9.34. The number of benzene rings is 1. The first kappa shape index (κ1) is 15.0. The van der Waals surface area contributed by atoms with Gasteiger partial charge in [0, 0.05) is 6.54 Å². The van der Waals surface area contributed by atoms with Crippen molar-refractivity contribution in [1.82, 2.24) is 15.1 Å². The van der Waals surface area contributed by atoms with Gasteiger partial charge in [0.2, 0.25) is 0 Å². The van der Waals surface area contributed by atoms with Gasteiger partial charge < -0.3 is 5.32 Å². The van der Waals surface area contributed by atoms with E-state index in [1.807, 2.05) is 0 Å². The van der Waals surface area contributed by atoms with E-state index in [4.69, 9.17) is 0 Å². The molecule has 8 heteroatoms. The summed E-state index contributed by atoms with van der Waals surface area (Å²) in [6.07, 6.45) is -4.57. The summed E-state index contributed by atoms with van der Waals surface area (Å²) in [6.45, 7) is 0.134. The van der Waals surface area contributed by atoms with Crippen LogP contribution in [0, 0.1) is 5.82 Å². The van der Waals surface area contributed by atoms with Gasteiger partial charge in [-0.05, 0) is 41.2 Å². The van der Waals surface area contributed by atoms with E-state index in [1.54, 1.807) is 7.05 Å². The molecule has 0 unspecified atom stereocenters. The molecule has 1 heterocycles. The molecule has 0 saturated carbocycles. The van der Waals surface area contributed by atoms with Crippen LogP contribution in [0.1, 0.15) is 11.4 Å². The summed E-state index contributed by atoms with van der Waals surface area (Å²) < 4.78 is 53.3. The summed E-state index contributed by atoms with van der Waals surface area (Å²) >= 11 is 3.00. The first-order valence-electron chi connectivity index (χ1n) is 5.59. The highest BCUT2D eigenvalue weighted by atomic mass is 79.9. The van der Waals surface area contributed by atoms with E-state index in [1.165, 1.54) is 18.2 Å². The SMILES string of the molecule is CNCc1cc(C(F)(F)F)nn1-c1cccc(Br)c1F. The lowest BCUT2D eigenvalue weighted by Gasteiger charge is -2.09. The van der Waals surface area contributed by atoms with Gasteiger partial charge in [-0.25, -0.2) is 9.07 Å². The van der Waals surface area contributed by atoms with Crippen LogP contribution in [-0.4, -0.2) is 16.8 Å². The topological polar surface area (TPSA) is 29.9 Å². The number of hydrogen-bond donors (Lipinski definition) is 1. The van der Waals surface area contributed by atoms with E-state index >= 15 is 0 Å². The van der Waals surface area contributed by atoms with Gasteiger partial charge >= 0.3 is 6.18 Å². The normalized spacial score (nSPS) is 11.9. The van der Waals surface area contributed by atoms with Crippen molar-refractivity contribution in [2.24, 2.45) is 0 Å². The zero-order valence-corrected chi connectivity index (χ0v) is 11.9. The third kappa shape index (κ3) is 2.85. The molecule has 2 aromatic rings. The molecule has 3 nitrogen and oxygen atoms in total. The van der Waals surface area contributed by atoms with E-state index in [2.05, 4.69) is 26.3 Å². The molecule has 0 atom stereocenters. The van der Waals surface area contributed by atoms with Crippen LogP contribution in [0.15, 0.2) is 28.7 Å². The van der Waals surface area contributed by atoms with Gasteiger partial charge in [0.25, 0.3) is 0 Å². The predicted molar refractivity (Wildman–Crippen MR) is 69.0 cm³/mol. The molecule has 0 radical (unpaired) electrons. The van der Waals surface area contributed by atoms with Crippen molar-refractivity contribution in [1.29, 1.82) is 0 Å². The number of alkyl halides is 3. The van der Waals surface area contributed by atoms with Crippen LogP contribution in [-0.2, 0) is 12.7 Å². The summed E-state index contributed by atoms with van der Waals surface area (Å²) in [4.78, 5) is 0. The van der Waals surface area contributed by atoms with E-state index < -0.39 is 17.7 Å². The van der Waals surface area contributed by atoms with E-state index in [0.717, 1.165) is 10.7 Å². The standard InChI is InChI=1S/C12H10BrF4N3/c1-18-6-7-5-10(12(15,16)17)19-20(7)9-4-2-3-8(13)11(9)14/h2-5,18H,6H2,1H3. The second-order valence-electron chi connectivity index (χ2n) is 4.03. The second kappa shape index (κ2) is 5.53. The molecular weight excluding hydrogens is 342 g/mol. The quantitative estimate of drug-likeness (QED) is 0.857. The molecule has 0 saturated heterocycles. The largest absolute Gasteiger partial charge is 0.435 e. The lowest BCUT2D eigenvalue weighted by Crippen LogP contribution is -2.12. The van der Waals surface area contributed by atoms with Crippen LogP contribution in [0.5, 0.6) is 0 Å². The third-order valence-electron chi connectivity index (χ3n) is 2.59. The van der Waals surface area contributed by atoms with Crippen LogP contribution < -0.4 is 5.32 Å². The molecule has 0 aliphatic carbocycles. The average molecular weight is 352 g/mol. The zero-order valence-electron chi connectivity index (χ0n) is 10.3. The number of hydrogen-bond acceptors (Lipinski definition) is 2. The van der Waals surface area contributed by atoms with Crippen LogP contribution in [0.25, 0.3) is 5.69 Å². The van der Waals surface area contributed by atoms with Gasteiger partial charge in [-0.3, -0.25) is 0 Å². The summed E-state index contributed by atoms with van der Waals surface area (Å²) in [5, 5.41) is 6.19. The van der Waals surface area contributed by atoms with Gasteiger partial charge in [-0.15, -0.1) is 0 Å². The fraction of sp³-hybridized carbons (Fsp3) is 0.250. The molecule has 108 valence electrons. The van der Waals surface area contributed by atoms with Crippen molar-refractivity contribution in [3.05, 3.63) is 45.9 Å². The Morgan fingerprint density at radius 1 is 1.35 bits per heavy atom. The van der Waals surface area contributed by atoms with Gasteiger partial charge in [-0.1, -0.05) is 6.07 Å². The minimum atomic E-state index is -4.57. The molecule has 20 heavy (non-hydrogen) atoms. The smallest absolute Gasteiger partial charge is 0.314 e. The molecule has 0 bridgehead atoms. The van der Waals surface area contributed by atoms with Crippen LogP contribution in [0.2, 0.25) is 0 Å². The lowest BCUT2D eigenvalue weighted by atomic mass is 10.3. The molecule has 2 rings (SSSR count). The molecule has 1 aromatic carbocycles. The van der Waals surface area contributed by atoms with Gasteiger partial charge in [-0.2, -0.15) is 18.3 Å². The molecule has 0 spiro atoms. The predicted octanol–water partition coefficient (Wildman–Crippen LogP) is 3.51. The first-order valence-corrected chi connectivity index (χ1v) is 6.39. The monoisotopic (exact) mass is 351 g/mol. The van der Waals surface area contributed by atoms with E-state index in [0.29, 0.717) is 0 Å². The molecule has 1 aromatic heterocycles.